The van der Waals surface area contributed by atoms with E-state index in [9.17, 15) is 22.8 Å². The molecule has 1 aromatic heterocycles. The van der Waals surface area contributed by atoms with Gasteiger partial charge in [0.2, 0.25) is 0 Å². The first-order chi connectivity index (χ1) is 17.3. The number of carbonyl (C=O) groups excluding carboxylic acids is 2. The number of benzene rings is 2. The number of amides is 1. The quantitative estimate of drug-likeness (QED) is 0.392. The molecule has 0 aliphatic carbocycles. The number of ether oxygens (including phenoxy) is 3. The second-order valence-corrected chi connectivity index (χ2v) is 7.91. The summed E-state index contributed by atoms with van der Waals surface area (Å²) in [6.45, 7) is 2.30. The van der Waals surface area contributed by atoms with Crippen molar-refractivity contribution < 1.29 is 37.0 Å². The zero-order valence-electron chi connectivity index (χ0n) is 19.4. The highest BCUT2D eigenvalue weighted by Gasteiger charge is 2.34. The van der Waals surface area contributed by atoms with Gasteiger partial charge in [-0.15, -0.1) is 0 Å². The number of nitrogens with zero attached hydrogens (tertiary/aromatic N) is 2. The smallest absolute Gasteiger partial charge is 0.433 e. The van der Waals surface area contributed by atoms with Gasteiger partial charge >= 0.3 is 12.1 Å². The monoisotopic (exact) mass is 500 g/mol. The lowest BCUT2D eigenvalue weighted by molar-refractivity contribution is -0.145. The Balaban J connectivity index is 1.38. The molecule has 4 rings (SSSR count). The van der Waals surface area contributed by atoms with E-state index < -0.39 is 17.8 Å². The summed E-state index contributed by atoms with van der Waals surface area (Å²) in [7, 11) is 0. The fraction of sp³-hybridized carbons (Fsp3) is 0.269. The number of esters is 1. The fourth-order valence-electron chi connectivity index (χ4n) is 3.78. The minimum absolute atomic E-state index is 0.161. The maximum atomic E-state index is 12.9. The summed E-state index contributed by atoms with van der Waals surface area (Å²) < 4.78 is 54.7. The van der Waals surface area contributed by atoms with Crippen molar-refractivity contribution in [1.82, 2.24) is 4.98 Å². The first kappa shape index (κ1) is 25.0. The number of anilines is 1. The van der Waals surface area contributed by atoms with Crippen LogP contribution in [0.25, 0.3) is 0 Å². The molecule has 10 heteroatoms. The number of aromatic nitrogens is 1. The van der Waals surface area contributed by atoms with Crippen LogP contribution in [0.4, 0.5) is 18.9 Å². The summed E-state index contributed by atoms with van der Waals surface area (Å²) in [6.07, 6.45) is -2.96. The first-order valence-corrected chi connectivity index (χ1v) is 11.2. The van der Waals surface area contributed by atoms with Crippen LogP contribution in [-0.2, 0) is 28.7 Å². The Morgan fingerprint density at radius 1 is 1.08 bits per heavy atom. The van der Waals surface area contributed by atoms with Crippen molar-refractivity contribution >= 4 is 17.6 Å². The predicted molar refractivity (Wildman–Crippen MR) is 124 cm³/mol. The van der Waals surface area contributed by atoms with E-state index in [-0.39, 0.29) is 31.4 Å². The van der Waals surface area contributed by atoms with Gasteiger partial charge in [0.15, 0.2) is 6.61 Å². The number of rotatable bonds is 9. The van der Waals surface area contributed by atoms with Crippen molar-refractivity contribution in [2.45, 2.75) is 26.1 Å². The Morgan fingerprint density at radius 3 is 2.61 bits per heavy atom. The molecule has 1 aliphatic heterocycles. The highest BCUT2D eigenvalue weighted by Crippen LogP contribution is 2.35. The van der Waals surface area contributed by atoms with Gasteiger partial charge in [-0.2, -0.15) is 13.2 Å². The minimum atomic E-state index is -4.55. The van der Waals surface area contributed by atoms with Crippen LogP contribution in [0.1, 0.15) is 34.1 Å². The van der Waals surface area contributed by atoms with E-state index in [1.165, 1.54) is 11.0 Å². The lowest BCUT2D eigenvalue weighted by Gasteiger charge is -2.16. The van der Waals surface area contributed by atoms with E-state index in [2.05, 4.69) is 4.98 Å². The Labute approximate surface area is 205 Å². The molecule has 0 atom stereocenters. The van der Waals surface area contributed by atoms with Gasteiger partial charge < -0.3 is 19.1 Å². The largest absolute Gasteiger partial charge is 0.493 e. The summed E-state index contributed by atoms with van der Waals surface area (Å²) in [4.78, 5) is 29.2. The number of carbonyl (C=O) groups is 2. The Kier molecular flexibility index (Phi) is 7.42. The van der Waals surface area contributed by atoms with E-state index >= 15 is 0 Å². The van der Waals surface area contributed by atoms with E-state index in [0.717, 1.165) is 17.8 Å². The van der Waals surface area contributed by atoms with Gasteiger partial charge in [0, 0.05) is 17.5 Å². The molecule has 0 radical (unpaired) electrons. The summed E-state index contributed by atoms with van der Waals surface area (Å²) in [5.41, 5.74) is 1.28. The molecule has 2 aromatic carbocycles. The molecule has 2 heterocycles. The number of fused-ring (bicyclic) bond motifs is 1. The second kappa shape index (κ2) is 10.7. The molecule has 0 unspecified atom stereocenters. The van der Waals surface area contributed by atoms with Crippen LogP contribution < -0.4 is 14.4 Å². The van der Waals surface area contributed by atoms with E-state index in [0.29, 0.717) is 35.7 Å². The zero-order chi connectivity index (χ0) is 25.7. The van der Waals surface area contributed by atoms with Gasteiger partial charge in [0.05, 0.1) is 31.6 Å². The van der Waals surface area contributed by atoms with Gasteiger partial charge in [-0.05, 0) is 48.9 Å². The second-order valence-electron chi connectivity index (χ2n) is 7.91. The Hall–Kier alpha value is -4.08. The average molecular weight is 500 g/mol. The third kappa shape index (κ3) is 5.76. The molecule has 0 fully saturated rings. The highest BCUT2D eigenvalue weighted by molar-refractivity contribution is 6.10. The summed E-state index contributed by atoms with van der Waals surface area (Å²) in [5.74, 6) is 0.286. The standard InChI is InChI=1S/C26H23F3N2O5/c1-2-34-24(32)16-36-19-6-3-5-17(13-19)11-12-35-22-8-4-7-20-21(22)15-31(25(20)33)18-9-10-23(30-14-18)26(27,28)29/h3-10,13-14H,2,11-12,15-16H2,1H3. The molecule has 1 amide bonds. The van der Waals surface area contributed by atoms with Crippen LogP contribution in [0, 0.1) is 0 Å². The average Bonchev–Trinajstić information content (AvgIpc) is 3.20. The minimum Gasteiger partial charge on any atom is -0.493 e. The van der Waals surface area contributed by atoms with Gasteiger partial charge in [0.25, 0.3) is 5.91 Å². The van der Waals surface area contributed by atoms with Crippen LogP contribution in [0.2, 0.25) is 0 Å². The highest BCUT2D eigenvalue weighted by atomic mass is 19.4. The summed E-state index contributed by atoms with van der Waals surface area (Å²) in [5, 5.41) is 0. The lowest BCUT2D eigenvalue weighted by atomic mass is 10.1. The molecule has 3 aromatic rings. The van der Waals surface area contributed by atoms with E-state index in [1.807, 2.05) is 12.1 Å². The van der Waals surface area contributed by atoms with Gasteiger partial charge in [-0.3, -0.25) is 4.79 Å². The molecule has 188 valence electrons. The van der Waals surface area contributed by atoms with Crippen LogP contribution >= 0.6 is 0 Å². The van der Waals surface area contributed by atoms with Gasteiger partial charge in [-0.25, -0.2) is 9.78 Å². The van der Waals surface area contributed by atoms with Crippen LogP contribution in [0.3, 0.4) is 0 Å². The molecule has 0 saturated carbocycles. The first-order valence-electron chi connectivity index (χ1n) is 11.2. The van der Waals surface area contributed by atoms with Gasteiger partial charge in [0.1, 0.15) is 17.2 Å². The van der Waals surface area contributed by atoms with E-state index in [4.69, 9.17) is 14.2 Å². The lowest BCUT2D eigenvalue weighted by Crippen LogP contribution is -2.23. The number of hydrogen-bond donors (Lipinski definition) is 0. The molecule has 0 saturated heterocycles. The fourth-order valence-corrected chi connectivity index (χ4v) is 3.78. The van der Waals surface area contributed by atoms with Crippen molar-refractivity contribution in [3.63, 3.8) is 0 Å². The van der Waals surface area contributed by atoms with Crippen LogP contribution in [0.5, 0.6) is 11.5 Å². The maximum Gasteiger partial charge on any atom is 0.433 e. The molecule has 7 nitrogen and oxygen atoms in total. The van der Waals surface area contributed by atoms with Crippen LogP contribution in [-0.4, -0.2) is 36.7 Å². The number of alkyl halides is 3. The van der Waals surface area contributed by atoms with Gasteiger partial charge in [-0.1, -0.05) is 18.2 Å². The number of pyridine rings is 1. The number of halogens is 3. The van der Waals surface area contributed by atoms with Crippen molar-refractivity contribution in [2.75, 3.05) is 24.7 Å². The predicted octanol–water partition coefficient (Wildman–Crippen LogP) is 4.82. The topological polar surface area (TPSA) is 78.0 Å². The zero-order valence-corrected chi connectivity index (χ0v) is 19.4. The SMILES string of the molecule is CCOC(=O)COc1cccc(CCOc2cccc3c2CN(c2ccc(C(F)(F)F)nc2)C3=O)c1. The van der Waals surface area contributed by atoms with Crippen molar-refractivity contribution in [1.29, 1.82) is 0 Å². The molecule has 1 aliphatic rings. The summed E-state index contributed by atoms with van der Waals surface area (Å²) >= 11 is 0. The Bertz CT molecular complexity index is 1250. The molecule has 0 spiro atoms. The molecular formula is C26H23F3N2O5. The molecular weight excluding hydrogens is 477 g/mol. The van der Waals surface area contributed by atoms with Crippen LogP contribution in [0.15, 0.2) is 60.8 Å². The van der Waals surface area contributed by atoms with Crippen molar-refractivity contribution in [2.24, 2.45) is 0 Å². The van der Waals surface area contributed by atoms with E-state index in [1.54, 1.807) is 37.3 Å². The summed E-state index contributed by atoms with van der Waals surface area (Å²) in [6, 6.07) is 14.5. The third-order valence-electron chi connectivity index (χ3n) is 5.48. The molecule has 0 bridgehead atoms. The number of hydrogen-bond acceptors (Lipinski definition) is 6. The molecule has 36 heavy (non-hydrogen) atoms. The Morgan fingerprint density at radius 2 is 1.89 bits per heavy atom. The molecule has 0 N–H and O–H groups in total. The van der Waals surface area contributed by atoms with Crippen molar-refractivity contribution in [3.8, 4) is 11.5 Å². The normalized spacial score (nSPS) is 12.9. The maximum absolute atomic E-state index is 12.9. The van der Waals surface area contributed by atoms with Crippen molar-refractivity contribution in [3.05, 3.63) is 83.2 Å². The third-order valence-corrected chi connectivity index (χ3v) is 5.48.